The number of aliphatic imine (C=N–C) groups is 1. The molecule has 5 heterocycles. The first kappa shape index (κ1) is 19.9. The van der Waals surface area contributed by atoms with Gasteiger partial charge in [0.15, 0.2) is 11.4 Å². The highest BCUT2D eigenvalue weighted by atomic mass is 19.1. The summed E-state index contributed by atoms with van der Waals surface area (Å²) in [6.45, 7) is 1.72. The van der Waals surface area contributed by atoms with Crippen LogP contribution >= 0.6 is 0 Å². The minimum absolute atomic E-state index is 0.122. The number of amidine groups is 1. The van der Waals surface area contributed by atoms with E-state index in [0.717, 1.165) is 34.4 Å². The van der Waals surface area contributed by atoms with Crippen LogP contribution < -0.4 is 10.5 Å². The quantitative estimate of drug-likeness (QED) is 0.638. The van der Waals surface area contributed by atoms with Crippen molar-refractivity contribution in [2.75, 3.05) is 19.8 Å². The van der Waals surface area contributed by atoms with Crippen LogP contribution in [0.3, 0.4) is 0 Å². The predicted molar refractivity (Wildman–Crippen MR) is 120 cm³/mol. The number of benzene rings is 1. The van der Waals surface area contributed by atoms with Crippen molar-refractivity contribution in [3.63, 3.8) is 0 Å². The zero-order valence-corrected chi connectivity index (χ0v) is 17.8. The molecule has 0 fully saturated rings. The summed E-state index contributed by atoms with van der Waals surface area (Å²) in [4.78, 5) is 12.9. The monoisotopic (exact) mass is 444 g/mol. The highest BCUT2D eigenvalue weighted by Crippen LogP contribution is 2.52. The van der Waals surface area contributed by atoms with E-state index >= 15 is 0 Å². The van der Waals surface area contributed by atoms with Gasteiger partial charge in [-0.2, -0.15) is 0 Å². The lowest BCUT2D eigenvalue weighted by atomic mass is 9.79. The maximum atomic E-state index is 13.8. The molecule has 1 atom stereocenters. The molecular formula is C25H21FN4O3. The van der Waals surface area contributed by atoms with Gasteiger partial charge in [-0.05, 0) is 41.8 Å². The molecule has 1 aromatic carbocycles. The van der Waals surface area contributed by atoms with Crippen LogP contribution in [0.5, 0.6) is 11.5 Å². The summed E-state index contributed by atoms with van der Waals surface area (Å²) in [5.74, 6) is 0.851. The van der Waals surface area contributed by atoms with Gasteiger partial charge in [-0.3, -0.25) is 9.97 Å². The van der Waals surface area contributed by atoms with Crippen molar-refractivity contribution in [1.82, 2.24) is 9.97 Å². The van der Waals surface area contributed by atoms with Crippen molar-refractivity contribution >= 4 is 11.6 Å². The van der Waals surface area contributed by atoms with Gasteiger partial charge in [0, 0.05) is 35.9 Å². The minimum atomic E-state index is -0.903. The molecule has 0 amide bonds. The Kier molecular flexibility index (Phi) is 4.62. The molecule has 166 valence electrons. The number of rotatable bonds is 2. The molecule has 0 saturated heterocycles. The molecule has 2 N–H and O–H groups in total. The van der Waals surface area contributed by atoms with Crippen LogP contribution in [0.2, 0.25) is 0 Å². The van der Waals surface area contributed by atoms with E-state index in [4.69, 9.17) is 19.9 Å². The second-order valence-electron chi connectivity index (χ2n) is 8.24. The van der Waals surface area contributed by atoms with Gasteiger partial charge in [0.25, 0.3) is 6.02 Å². The fraction of sp³-hybridized carbons (Fsp3) is 0.240. The van der Waals surface area contributed by atoms with Gasteiger partial charge in [0.1, 0.15) is 11.6 Å². The van der Waals surface area contributed by atoms with E-state index in [1.165, 1.54) is 12.3 Å². The van der Waals surface area contributed by atoms with Crippen molar-refractivity contribution in [3.8, 4) is 22.6 Å². The van der Waals surface area contributed by atoms with E-state index < -0.39 is 11.4 Å². The zero-order valence-electron chi connectivity index (χ0n) is 17.8. The summed E-state index contributed by atoms with van der Waals surface area (Å²) < 4.78 is 32.0. The Labute approximate surface area is 189 Å². The molecule has 0 saturated carbocycles. The van der Waals surface area contributed by atoms with Crippen LogP contribution in [0.4, 0.5) is 4.39 Å². The van der Waals surface area contributed by atoms with Crippen molar-refractivity contribution in [3.05, 3.63) is 77.6 Å². The van der Waals surface area contributed by atoms with Gasteiger partial charge in [-0.1, -0.05) is 12.1 Å². The zero-order chi connectivity index (χ0) is 22.4. The Balaban J connectivity index is 1.53. The van der Waals surface area contributed by atoms with Gasteiger partial charge in [-0.25, -0.2) is 9.38 Å². The van der Waals surface area contributed by atoms with Crippen LogP contribution in [0.1, 0.15) is 29.7 Å². The Morgan fingerprint density at radius 2 is 1.91 bits per heavy atom. The van der Waals surface area contributed by atoms with Crippen molar-refractivity contribution in [2.45, 2.75) is 18.4 Å². The normalized spacial score (nSPS) is 21.2. The average Bonchev–Trinajstić information content (AvgIpc) is 2.85. The maximum absolute atomic E-state index is 13.8. The van der Waals surface area contributed by atoms with E-state index in [1.807, 2.05) is 24.3 Å². The standard InChI is InChI=1S/C25H21FN4O3/c26-18-8-17(11-28-12-18)15-3-4-22-19(9-15)25(5-6-29-24(27)33-25)20-10-21(30-13-23(20)32-22)16-2-1-7-31-14-16/h2-4,8-13H,1,5-7,14H2,(H2,27,29)/t25-/m0/s1. The van der Waals surface area contributed by atoms with Gasteiger partial charge < -0.3 is 19.9 Å². The minimum Gasteiger partial charge on any atom is -0.455 e. The summed E-state index contributed by atoms with van der Waals surface area (Å²) in [5.41, 5.74) is 10.1. The van der Waals surface area contributed by atoms with Gasteiger partial charge in [0.05, 0.1) is 31.3 Å². The molecular weight excluding hydrogens is 423 g/mol. The number of ether oxygens (including phenoxy) is 3. The number of pyridine rings is 2. The molecule has 1 spiro atoms. The molecule has 3 aromatic rings. The molecule has 7 nitrogen and oxygen atoms in total. The van der Waals surface area contributed by atoms with E-state index in [9.17, 15) is 4.39 Å². The van der Waals surface area contributed by atoms with Crippen LogP contribution in [-0.4, -0.2) is 35.7 Å². The summed E-state index contributed by atoms with van der Waals surface area (Å²) >= 11 is 0. The Morgan fingerprint density at radius 1 is 1.00 bits per heavy atom. The first-order chi connectivity index (χ1) is 16.1. The third-order valence-electron chi connectivity index (χ3n) is 6.23. The smallest absolute Gasteiger partial charge is 0.283 e. The Morgan fingerprint density at radius 3 is 2.73 bits per heavy atom. The average molecular weight is 444 g/mol. The lowest BCUT2D eigenvalue weighted by molar-refractivity contribution is 0.0634. The molecule has 0 radical (unpaired) electrons. The molecule has 33 heavy (non-hydrogen) atoms. The summed E-state index contributed by atoms with van der Waals surface area (Å²) in [6, 6.07) is 9.26. The van der Waals surface area contributed by atoms with E-state index in [0.29, 0.717) is 43.2 Å². The number of nitrogens with two attached hydrogens (primary N) is 1. The molecule has 3 aliphatic rings. The highest BCUT2D eigenvalue weighted by Gasteiger charge is 2.47. The number of fused-ring (bicyclic) bond motifs is 4. The largest absolute Gasteiger partial charge is 0.455 e. The number of hydrogen-bond donors (Lipinski definition) is 1. The highest BCUT2D eigenvalue weighted by molar-refractivity contribution is 5.76. The second kappa shape index (κ2) is 7.67. The Bertz CT molecular complexity index is 1320. The Hall–Kier alpha value is -3.78. The third kappa shape index (κ3) is 3.34. The van der Waals surface area contributed by atoms with Crippen LogP contribution in [0.15, 0.2) is 60.0 Å². The van der Waals surface area contributed by atoms with Gasteiger partial charge in [-0.15, -0.1) is 0 Å². The third-order valence-corrected chi connectivity index (χ3v) is 6.23. The number of hydrogen-bond acceptors (Lipinski definition) is 7. The molecule has 0 aliphatic carbocycles. The molecule has 2 aromatic heterocycles. The van der Waals surface area contributed by atoms with Gasteiger partial charge >= 0.3 is 0 Å². The lowest BCUT2D eigenvalue weighted by Crippen LogP contribution is -2.42. The number of nitrogens with zero attached hydrogens (tertiary/aromatic N) is 3. The molecule has 0 unspecified atom stereocenters. The molecule has 8 heteroatoms. The maximum Gasteiger partial charge on any atom is 0.283 e. The van der Waals surface area contributed by atoms with E-state index in [1.54, 1.807) is 12.4 Å². The fourth-order valence-corrected chi connectivity index (χ4v) is 4.66. The number of aromatic nitrogens is 2. The lowest BCUT2D eigenvalue weighted by Gasteiger charge is -2.41. The first-order valence-electron chi connectivity index (χ1n) is 10.8. The molecule has 0 bridgehead atoms. The topological polar surface area (TPSA) is 91.9 Å². The first-order valence-corrected chi connectivity index (χ1v) is 10.8. The SMILES string of the molecule is NC1=NCC[C@]2(O1)c1cc(-c3cncc(F)c3)ccc1Oc1cnc(C3=CCCOC3)cc12. The van der Waals surface area contributed by atoms with Crippen molar-refractivity contribution < 1.29 is 18.6 Å². The van der Waals surface area contributed by atoms with Crippen LogP contribution in [0.25, 0.3) is 16.7 Å². The van der Waals surface area contributed by atoms with Gasteiger partial charge in [0.2, 0.25) is 0 Å². The van der Waals surface area contributed by atoms with Crippen LogP contribution in [0, 0.1) is 5.82 Å². The van der Waals surface area contributed by atoms with Crippen molar-refractivity contribution in [2.24, 2.45) is 10.7 Å². The van der Waals surface area contributed by atoms with Crippen molar-refractivity contribution in [1.29, 1.82) is 0 Å². The summed E-state index contributed by atoms with van der Waals surface area (Å²) in [6.07, 6.45) is 8.10. The predicted octanol–water partition coefficient (Wildman–Crippen LogP) is 4.17. The molecule has 6 rings (SSSR count). The number of halogens is 1. The summed E-state index contributed by atoms with van der Waals surface area (Å²) in [5, 5.41) is 0. The van der Waals surface area contributed by atoms with E-state index in [-0.39, 0.29) is 6.02 Å². The van der Waals surface area contributed by atoms with E-state index in [2.05, 4.69) is 21.0 Å². The summed E-state index contributed by atoms with van der Waals surface area (Å²) in [7, 11) is 0. The second-order valence-corrected chi connectivity index (χ2v) is 8.24. The molecule has 3 aliphatic heterocycles. The fourth-order valence-electron chi connectivity index (χ4n) is 4.66. The van der Waals surface area contributed by atoms with Crippen LogP contribution in [-0.2, 0) is 15.1 Å².